The SMILES string of the molecule is CCc1cccc(CC)c1NC(=O)CN(Cc1ccccc1F)C1CC1. The van der Waals surface area contributed by atoms with Gasteiger partial charge in [-0.25, -0.2) is 4.39 Å². The van der Waals surface area contributed by atoms with Crippen molar-refractivity contribution in [2.45, 2.75) is 52.1 Å². The molecule has 1 aliphatic rings. The Labute approximate surface area is 155 Å². The number of carbonyl (C=O) groups is 1. The van der Waals surface area contributed by atoms with Gasteiger partial charge in [-0.2, -0.15) is 0 Å². The van der Waals surface area contributed by atoms with Gasteiger partial charge in [0.15, 0.2) is 0 Å². The molecule has 1 aliphatic carbocycles. The lowest BCUT2D eigenvalue weighted by Crippen LogP contribution is -2.35. The number of aryl methyl sites for hydroxylation is 2. The highest BCUT2D eigenvalue weighted by atomic mass is 19.1. The van der Waals surface area contributed by atoms with Gasteiger partial charge < -0.3 is 5.32 Å². The molecule has 3 nitrogen and oxygen atoms in total. The van der Waals surface area contributed by atoms with Gasteiger partial charge in [-0.05, 0) is 42.9 Å². The summed E-state index contributed by atoms with van der Waals surface area (Å²) < 4.78 is 14.0. The molecule has 0 heterocycles. The molecule has 2 aromatic carbocycles. The summed E-state index contributed by atoms with van der Waals surface area (Å²) in [6, 6.07) is 13.4. The van der Waals surface area contributed by atoms with Crippen LogP contribution in [0.5, 0.6) is 0 Å². The molecule has 0 spiro atoms. The number of amides is 1. The largest absolute Gasteiger partial charge is 0.324 e. The lowest BCUT2D eigenvalue weighted by molar-refractivity contribution is -0.117. The molecule has 1 fully saturated rings. The molecule has 0 bridgehead atoms. The van der Waals surface area contributed by atoms with E-state index in [-0.39, 0.29) is 11.7 Å². The van der Waals surface area contributed by atoms with E-state index in [1.54, 1.807) is 12.1 Å². The van der Waals surface area contributed by atoms with E-state index in [0.717, 1.165) is 42.5 Å². The van der Waals surface area contributed by atoms with Crippen molar-refractivity contribution < 1.29 is 9.18 Å². The molecule has 3 rings (SSSR count). The Morgan fingerprint density at radius 2 is 1.65 bits per heavy atom. The molecule has 0 aromatic heterocycles. The van der Waals surface area contributed by atoms with Crippen LogP contribution < -0.4 is 5.32 Å². The van der Waals surface area contributed by atoms with Crippen molar-refractivity contribution >= 4 is 11.6 Å². The zero-order valence-electron chi connectivity index (χ0n) is 15.6. The van der Waals surface area contributed by atoms with Gasteiger partial charge in [0.1, 0.15) is 5.82 Å². The number of nitrogens with one attached hydrogen (secondary N) is 1. The number of hydrogen-bond acceptors (Lipinski definition) is 2. The van der Waals surface area contributed by atoms with Gasteiger partial charge in [-0.3, -0.25) is 9.69 Å². The third kappa shape index (κ3) is 4.50. The molecule has 1 N–H and O–H groups in total. The number of nitrogens with zero attached hydrogens (tertiary/aromatic N) is 1. The van der Waals surface area contributed by atoms with E-state index < -0.39 is 0 Å². The minimum atomic E-state index is -0.205. The Hall–Kier alpha value is -2.20. The van der Waals surface area contributed by atoms with E-state index in [1.165, 1.54) is 6.07 Å². The summed E-state index contributed by atoms with van der Waals surface area (Å²) in [5.41, 5.74) is 3.91. The van der Waals surface area contributed by atoms with Crippen LogP contribution in [0.1, 0.15) is 43.4 Å². The summed E-state index contributed by atoms with van der Waals surface area (Å²) in [4.78, 5) is 14.8. The standard InChI is InChI=1S/C22H27FN2O/c1-3-16-9-7-10-17(4-2)22(16)24-21(26)15-25(19-12-13-19)14-18-8-5-6-11-20(18)23/h5-11,19H,3-4,12-15H2,1-2H3,(H,24,26). The highest BCUT2D eigenvalue weighted by Gasteiger charge is 2.31. The number of anilines is 1. The van der Waals surface area contributed by atoms with Gasteiger partial charge in [-0.15, -0.1) is 0 Å². The normalized spacial score (nSPS) is 13.8. The van der Waals surface area contributed by atoms with Gasteiger partial charge >= 0.3 is 0 Å². The quantitative estimate of drug-likeness (QED) is 0.754. The van der Waals surface area contributed by atoms with Gasteiger partial charge in [0, 0.05) is 23.8 Å². The number of carbonyl (C=O) groups excluding carboxylic acids is 1. The molecule has 26 heavy (non-hydrogen) atoms. The highest BCUT2D eigenvalue weighted by molar-refractivity contribution is 5.94. The maximum Gasteiger partial charge on any atom is 0.238 e. The van der Waals surface area contributed by atoms with Crippen molar-refractivity contribution in [1.82, 2.24) is 4.90 Å². The van der Waals surface area contributed by atoms with Gasteiger partial charge in [0.2, 0.25) is 5.91 Å². The van der Waals surface area contributed by atoms with Crippen LogP contribution in [0.25, 0.3) is 0 Å². The van der Waals surface area contributed by atoms with Crippen LogP contribution in [0, 0.1) is 5.82 Å². The predicted octanol–water partition coefficient (Wildman–Crippen LogP) is 4.55. The Kier molecular flexibility index (Phi) is 6.04. The average Bonchev–Trinajstić information content (AvgIpc) is 3.48. The van der Waals surface area contributed by atoms with E-state index in [1.807, 2.05) is 12.1 Å². The monoisotopic (exact) mass is 354 g/mol. The first-order valence-corrected chi connectivity index (χ1v) is 9.50. The van der Waals surface area contributed by atoms with Crippen molar-refractivity contribution in [3.05, 3.63) is 65.0 Å². The number of rotatable bonds is 8. The fraction of sp³-hybridized carbons (Fsp3) is 0.409. The molecule has 1 amide bonds. The molecule has 0 atom stereocenters. The Balaban J connectivity index is 1.71. The Bertz CT molecular complexity index is 748. The van der Waals surface area contributed by atoms with Crippen LogP contribution >= 0.6 is 0 Å². The smallest absolute Gasteiger partial charge is 0.238 e. The molecule has 0 aliphatic heterocycles. The highest BCUT2D eigenvalue weighted by Crippen LogP contribution is 2.29. The number of hydrogen-bond donors (Lipinski definition) is 1. The molecular weight excluding hydrogens is 327 g/mol. The predicted molar refractivity (Wildman–Crippen MR) is 104 cm³/mol. The average molecular weight is 354 g/mol. The Morgan fingerprint density at radius 1 is 1.04 bits per heavy atom. The molecule has 138 valence electrons. The van der Waals surface area contributed by atoms with Crippen LogP contribution in [0.2, 0.25) is 0 Å². The molecule has 0 saturated heterocycles. The van der Waals surface area contributed by atoms with Crippen molar-refractivity contribution in [2.75, 3.05) is 11.9 Å². The van der Waals surface area contributed by atoms with Crippen LogP contribution in [0.15, 0.2) is 42.5 Å². The lowest BCUT2D eigenvalue weighted by atomic mass is 10.0. The molecule has 1 saturated carbocycles. The van der Waals surface area contributed by atoms with Crippen molar-refractivity contribution in [3.8, 4) is 0 Å². The first-order valence-electron chi connectivity index (χ1n) is 9.50. The van der Waals surface area contributed by atoms with E-state index in [2.05, 4.69) is 36.2 Å². The minimum Gasteiger partial charge on any atom is -0.324 e. The first kappa shape index (κ1) is 18.6. The maximum absolute atomic E-state index is 14.0. The summed E-state index contributed by atoms with van der Waals surface area (Å²) in [7, 11) is 0. The van der Waals surface area contributed by atoms with Crippen molar-refractivity contribution in [3.63, 3.8) is 0 Å². The minimum absolute atomic E-state index is 0.0242. The van der Waals surface area contributed by atoms with Crippen LogP contribution in [-0.4, -0.2) is 23.4 Å². The molecule has 0 radical (unpaired) electrons. The summed E-state index contributed by atoms with van der Waals surface area (Å²) >= 11 is 0. The van der Waals surface area contributed by atoms with Gasteiger partial charge in [0.05, 0.1) is 6.54 Å². The lowest BCUT2D eigenvalue weighted by Gasteiger charge is -2.23. The third-order valence-electron chi connectivity index (χ3n) is 5.00. The molecule has 4 heteroatoms. The second kappa shape index (κ2) is 8.45. The summed E-state index contributed by atoms with van der Waals surface area (Å²) in [6.45, 7) is 4.96. The fourth-order valence-corrected chi connectivity index (χ4v) is 3.37. The van der Waals surface area contributed by atoms with E-state index in [4.69, 9.17) is 0 Å². The number of halogens is 1. The van der Waals surface area contributed by atoms with Gasteiger partial charge in [-0.1, -0.05) is 50.2 Å². The van der Waals surface area contributed by atoms with Crippen molar-refractivity contribution in [2.24, 2.45) is 0 Å². The zero-order chi connectivity index (χ0) is 18.5. The summed E-state index contributed by atoms with van der Waals surface area (Å²) in [5, 5.41) is 3.12. The van der Waals surface area contributed by atoms with Crippen LogP contribution in [0.3, 0.4) is 0 Å². The maximum atomic E-state index is 14.0. The topological polar surface area (TPSA) is 32.3 Å². The first-order chi connectivity index (χ1) is 12.6. The number of para-hydroxylation sites is 1. The Morgan fingerprint density at radius 3 is 2.23 bits per heavy atom. The summed E-state index contributed by atoms with van der Waals surface area (Å²) in [6.07, 6.45) is 3.91. The zero-order valence-corrected chi connectivity index (χ0v) is 15.6. The molecule has 2 aromatic rings. The van der Waals surface area contributed by atoms with E-state index in [0.29, 0.717) is 24.7 Å². The second-order valence-electron chi connectivity index (χ2n) is 6.93. The van der Waals surface area contributed by atoms with E-state index >= 15 is 0 Å². The van der Waals surface area contributed by atoms with Gasteiger partial charge in [0.25, 0.3) is 0 Å². The third-order valence-corrected chi connectivity index (χ3v) is 5.00. The summed E-state index contributed by atoms with van der Waals surface area (Å²) in [5.74, 6) is -0.230. The van der Waals surface area contributed by atoms with Crippen LogP contribution in [-0.2, 0) is 24.2 Å². The molecular formula is C22H27FN2O. The van der Waals surface area contributed by atoms with Crippen LogP contribution in [0.4, 0.5) is 10.1 Å². The number of benzene rings is 2. The van der Waals surface area contributed by atoms with Crippen molar-refractivity contribution in [1.29, 1.82) is 0 Å². The molecule has 0 unspecified atom stereocenters. The fourth-order valence-electron chi connectivity index (χ4n) is 3.37. The van der Waals surface area contributed by atoms with E-state index in [9.17, 15) is 9.18 Å². The second-order valence-corrected chi connectivity index (χ2v) is 6.93.